The number of hydrogen-bond donors (Lipinski definition) is 3. The molecular weight excluding hydrogens is 378 g/mol. The molecule has 0 bridgehead atoms. The monoisotopic (exact) mass is 397 g/mol. The minimum Gasteiger partial charge on any atom is -0.506 e. The summed E-state index contributed by atoms with van der Waals surface area (Å²) < 4.78 is 1.41. The standard InChI is InChI=1S/C20H19N3O4S/c1-23-19-12(7-8-13(22-19)14-6-3-9-28-14)18(26)16(20(23)27)17(11-4-2-5-11)21-10-15(24)25/h3,6-9,21,26H,2,4-5,10H2,1H3,(H,24,25). The second kappa shape index (κ2) is 7.12. The van der Waals surface area contributed by atoms with Crippen LogP contribution in [-0.4, -0.2) is 32.3 Å². The SMILES string of the molecule is Cn1c(=O)c(C(NCC(=O)O)=C2CCC2)c(O)c2ccc(-c3cccs3)nc21. The highest BCUT2D eigenvalue weighted by Gasteiger charge is 2.24. The number of pyridine rings is 2. The maximum Gasteiger partial charge on any atom is 0.322 e. The number of carboxylic acids is 1. The van der Waals surface area contributed by atoms with Crippen molar-refractivity contribution in [3.63, 3.8) is 0 Å². The minimum atomic E-state index is -1.03. The Labute approximate surface area is 164 Å². The molecule has 0 aromatic carbocycles. The fourth-order valence-electron chi connectivity index (χ4n) is 3.33. The molecule has 3 N–H and O–H groups in total. The average molecular weight is 397 g/mol. The van der Waals surface area contributed by atoms with Gasteiger partial charge in [-0.15, -0.1) is 11.3 Å². The molecule has 3 aromatic rings. The summed E-state index contributed by atoms with van der Waals surface area (Å²) in [5.74, 6) is -1.20. The third kappa shape index (κ3) is 3.05. The number of hydrogen-bond acceptors (Lipinski definition) is 6. The highest BCUT2D eigenvalue weighted by Crippen LogP contribution is 2.36. The van der Waals surface area contributed by atoms with Crippen LogP contribution in [0.15, 0.2) is 40.0 Å². The highest BCUT2D eigenvalue weighted by molar-refractivity contribution is 7.13. The van der Waals surface area contributed by atoms with E-state index in [2.05, 4.69) is 10.3 Å². The number of nitrogens with zero attached hydrogens (tertiary/aromatic N) is 2. The van der Waals surface area contributed by atoms with Gasteiger partial charge in [-0.3, -0.25) is 14.2 Å². The molecule has 0 aliphatic heterocycles. The summed E-state index contributed by atoms with van der Waals surface area (Å²) in [4.78, 5) is 29.6. The number of aliphatic carboxylic acids is 1. The number of carbonyl (C=O) groups is 1. The van der Waals surface area contributed by atoms with E-state index in [1.807, 2.05) is 23.6 Å². The number of carboxylic acid groups (broad SMARTS) is 1. The van der Waals surface area contributed by atoms with Crippen LogP contribution in [0.2, 0.25) is 0 Å². The molecule has 1 saturated carbocycles. The van der Waals surface area contributed by atoms with Crippen molar-refractivity contribution in [2.45, 2.75) is 19.3 Å². The van der Waals surface area contributed by atoms with Gasteiger partial charge in [0.2, 0.25) is 0 Å². The molecule has 7 nitrogen and oxygen atoms in total. The first-order valence-electron chi connectivity index (χ1n) is 8.92. The highest BCUT2D eigenvalue weighted by atomic mass is 32.1. The van der Waals surface area contributed by atoms with Crippen LogP contribution in [0, 0.1) is 0 Å². The van der Waals surface area contributed by atoms with E-state index in [1.54, 1.807) is 24.5 Å². The third-order valence-electron chi connectivity index (χ3n) is 4.95. The molecule has 0 amide bonds. The summed E-state index contributed by atoms with van der Waals surface area (Å²) in [5.41, 5.74) is 2.19. The molecule has 144 valence electrons. The van der Waals surface area contributed by atoms with Gasteiger partial charge in [0, 0.05) is 7.05 Å². The topological polar surface area (TPSA) is 104 Å². The second-order valence-corrected chi connectivity index (χ2v) is 7.66. The van der Waals surface area contributed by atoms with Crippen molar-refractivity contribution in [1.82, 2.24) is 14.9 Å². The zero-order valence-electron chi connectivity index (χ0n) is 15.2. The van der Waals surface area contributed by atoms with Crippen molar-refractivity contribution < 1.29 is 15.0 Å². The predicted molar refractivity (Wildman–Crippen MR) is 108 cm³/mol. The summed E-state index contributed by atoms with van der Waals surface area (Å²) in [6.45, 7) is -0.324. The van der Waals surface area contributed by atoms with Gasteiger partial charge in [-0.2, -0.15) is 0 Å². The first-order chi connectivity index (χ1) is 13.5. The van der Waals surface area contributed by atoms with E-state index in [-0.39, 0.29) is 17.9 Å². The molecule has 28 heavy (non-hydrogen) atoms. The van der Waals surface area contributed by atoms with Crippen LogP contribution in [0.4, 0.5) is 0 Å². The molecule has 3 aromatic heterocycles. The van der Waals surface area contributed by atoms with E-state index in [4.69, 9.17) is 5.11 Å². The maximum absolute atomic E-state index is 13.1. The number of aryl methyl sites for hydroxylation is 1. The van der Waals surface area contributed by atoms with Gasteiger partial charge >= 0.3 is 5.97 Å². The summed E-state index contributed by atoms with van der Waals surface area (Å²) >= 11 is 1.55. The molecule has 0 atom stereocenters. The largest absolute Gasteiger partial charge is 0.506 e. The van der Waals surface area contributed by atoms with Crippen molar-refractivity contribution in [2.75, 3.05) is 6.54 Å². The number of allylic oxidation sites excluding steroid dienone is 1. The van der Waals surface area contributed by atoms with Crippen LogP contribution in [0.25, 0.3) is 27.3 Å². The van der Waals surface area contributed by atoms with Crippen LogP contribution >= 0.6 is 11.3 Å². The summed E-state index contributed by atoms with van der Waals surface area (Å²) in [6, 6.07) is 7.43. The summed E-state index contributed by atoms with van der Waals surface area (Å²) in [7, 11) is 1.61. The van der Waals surface area contributed by atoms with Crippen molar-refractivity contribution in [3.05, 3.63) is 51.1 Å². The Morgan fingerprint density at radius 3 is 2.71 bits per heavy atom. The van der Waals surface area contributed by atoms with Crippen molar-refractivity contribution in [2.24, 2.45) is 7.05 Å². The molecule has 0 spiro atoms. The molecule has 8 heteroatoms. The Bertz CT molecular complexity index is 1160. The summed E-state index contributed by atoms with van der Waals surface area (Å²) in [6.07, 6.45) is 2.53. The first kappa shape index (κ1) is 18.2. The maximum atomic E-state index is 13.1. The van der Waals surface area contributed by atoms with Gasteiger partial charge in [-0.25, -0.2) is 4.98 Å². The Hall–Kier alpha value is -3.13. The number of fused-ring (bicyclic) bond motifs is 1. The zero-order valence-corrected chi connectivity index (χ0v) is 16.0. The number of thiophene rings is 1. The average Bonchev–Trinajstić information content (AvgIpc) is 3.17. The molecule has 0 saturated heterocycles. The zero-order chi connectivity index (χ0) is 19.8. The predicted octanol–water partition coefficient (Wildman–Crippen LogP) is 2.94. The third-order valence-corrected chi connectivity index (χ3v) is 5.85. The fourth-order valence-corrected chi connectivity index (χ4v) is 4.03. The van der Waals surface area contributed by atoms with Crippen molar-refractivity contribution in [1.29, 1.82) is 0 Å². The normalized spacial score (nSPS) is 13.4. The second-order valence-electron chi connectivity index (χ2n) is 6.71. The first-order valence-corrected chi connectivity index (χ1v) is 9.80. The Morgan fingerprint density at radius 2 is 2.11 bits per heavy atom. The minimum absolute atomic E-state index is 0.108. The number of aromatic hydroxyl groups is 1. The van der Waals surface area contributed by atoms with Gasteiger partial charge in [0.25, 0.3) is 5.56 Å². The quantitative estimate of drug-likeness (QED) is 0.611. The Kier molecular flexibility index (Phi) is 4.64. The number of rotatable bonds is 5. The Morgan fingerprint density at radius 1 is 1.32 bits per heavy atom. The van der Waals surface area contributed by atoms with Gasteiger partial charge in [-0.05, 0) is 48.4 Å². The van der Waals surface area contributed by atoms with Gasteiger partial charge in [0.05, 0.1) is 21.7 Å². The van der Waals surface area contributed by atoms with Gasteiger partial charge in [-0.1, -0.05) is 6.07 Å². The van der Waals surface area contributed by atoms with E-state index in [0.717, 1.165) is 35.4 Å². The number of nitrogens with one attached hydrogen (secondary N) is 1. The van der Waals surface area contributed by atoms with Crippen molar-refractivity contribution >= 4 is 34.0 Å². The number of aromatic nitrogens is 2. The lowest BCUT2D eigenvalue weighted by atomic mass is 9.88. The smallest absolute Gasteiger partial charge is 0.322 e. The van der Waals surface area contributed by atoms with Crippen molar-refractivity contribution in [3.8, 4) is 16.3 Å². The molecule has 1 aliphatic carbocycles. The van der Waals surface area contributed by atoms with Crippen LogP contribution in [0.5, 0.6) is 5.75 Å². The van der Waals surface area contributed by atoms with Crippen LogP contribution in [-0.2, 0) is 11.8 Å². The Balaban J connectivity index is 1.91. The molecule has 0 unspecified atom stereocenters. The van der Waals surface area contributed by atoms with Crippen LogP contribution in [0.1, 0.15) is 24.8 Å². The van der Waals surface area contributed by atoms with Gasteiger partial charge in [0.1, 0.15) is 23.5 Å². The van der Waals surface area contributed by atoms with Crippen LogP contribution < -0.4 is 10.9 Å². The lowest BCUT2D eigenvalue weighted by Gasteiger charge is -2.24. The molecule has 3 heterocycles. The van der Waals surface area contributed by atoms with E-state index < -0.39 is 11.5 Å². The van der Waals surface area contributed by atoms with E-state index in [1.165, 1.54) is 4.57 Å². The molecular formula is C20H19N3O4S. The van der Waals surface area contributed by atoms with E-state index in [9.17, 15) is 14.7 Å². The van der Waals surface area contributed by atoms with Gasteiger partial charge in [0.15, 0.2) is 0 Å². The van der Waals surface area contributed by atoms with Crippen LogP contribution in [0.3, 0.4) is 0 Å². The fraction of sp³-hybridized carbons (Fsp3) is 0.250. The lowest BCUT2D eigenvalue weighted by Crippen LogP contribution is -2.30. The lowest BCUT2D eigenvalue weighted by molar-refractivity contribution is -0.135. The van der Waals surface area contributed by atoms with Gasteiger partial charge < -0.3 is 15.5 Å². The molecule has 0 radical (unpaired) electrons. The molecule has 1 fully saturated rings. The molecule has 4 rings (SSSR count). The molecule has 1 aliphatic rings. The van der Waals surface area contributed by atoms with E-state index in [0.29, 0.717) is 16.7 Å². The van der Waals surface area contributed by atoms with E-state index >= 15 is 0 Å². The summed E-state index contributed by atoms with van der Waals surface area (Å²) in [5, 5.41) is 25.2.